The number of alkyl halides is 1. The average Bonchev–Trinajstić information content (AvgIpc) is 2.94. The van der Waals surface area contributed by atoms with Crippen molar-refractivity contribution in [3.8, 4) is 0 Å². The van der Waals surface area contributed by atoms with Crippen LogP contribution in [0.3, 0.4) is 0 Å². The largest absolute Gasteiger partial charge is 0.441 e. The first-order chi connectivity index (χ1) is 8.74. The Kier molecular flexibility index (Phi) is 3.41. The summed E-state index contributed by atoms with van der Waals surface area (Å²) in [7, 11) is 0. The summed E-state index contributed by atoms with van der Waals surface area (Å²) in [6.07, 6.45) is 0.593. The zero-order valence-electron chi connectivity index (χ0n) is 9.27. The van der Waals surface area contributed by atoms with E-state index in [0.29, 0.717) is 12.3 Å². The van der Waals surface area contributed by atoms with E-state index in [0.717, 1.165) is 20.4 Å². The van der Waals surface area contributed by atoms with Crippen LogP contribution in [0.1, 0.15) is 16.1 Å². The van der Waals surface area contributed by atoms with Crippen LogP contribution in [0.25, 0.3) is 11.1 Å². The van der Waals surface area contributed by atoms with Gasteiger partial charge in [0.15, 0.2) is 11.5 Å². The molecular formula is C13H9BrClNOS. The second-order valence-corrected chi connectivity index (χ2v) is 6.21. The summed E-state index contributed by atoms with van der Waals surface area (Å²) in [5, 5.41) is 1.90. The van der Waals surface area contributed by atoms with Crippen LogP contribution in [0.4, 0.5) is 0 Å². The van der Waals surface area contributed by atoms with Gasteiger partial charge in [-0.25, -0.2) is 4.98 Å². The molecule has 0 aliphatic heterocycles. The fourth-order valence-electron chi connectivity index (χ4n) is 1.78. The van der Waals surface area contributed by atoms with Crippen molar-refractivity contribution in [1.29, 1.82) is 0 Å². The van der Waals surface area contributed by atoms with E-state index >= 15 is 0 Å². The van der Waals surface area contributed by atoms with Crippen molar-refractivity contribution in [3.63, 3.8) is 0 Å². The first-order valence-electron chi connectivity index (χ1n) is 5.45. The molecule has 0 N–H and O–H groups in total. The smallest absolute Gasteiger partial charge is 0.197 e. The molecule has 0 saturated carbocycles. The molecule has 3 aromatic rings. The molecule has 0 amide bonds. The maximum absolute atomic E-state index is 6.40. The lowest BCUT2D eigenvalue weighted by Crippen LogP contribution is -1.94. The third kappa shape index (κ3) is 2.32. The van der Waals surface area contributed by atoms with Gasteiger partial charge in [-0.05, 0) is 39.5 Å². The molecule has 5 heteroatoms. The molecule has 0 fully saturated rings. The maximum Gasteiger partial charge on any atom is 0.197 e. The van der Waals surface area contributed by atoms with Crippen molar-refractivity contribution < 1.29 is 4.42 Å². The minimum atomic E-state index is -0.118. The monoisotopic (exact) mass is 341 g/mol. The first-order valence-corrected chi connectivity index (χ1v) is 7.56. The summed E-state index contributed by atoms with van der Waals surface area (Å²) in [5.41, 5.74) is 1.68. The molecule has 1 aromatic carbocycles. The van der Waals surface area contributed by atoms with Crippen LogP contribution in [0, 0.1) is 0 Å². The van der Waals surface area contributed by atoms with Crippen LogP contribution < -0.4 is 0 Å². The number of thiophene rings is 1. The van der Waals surface area contributed by atoms with Crippen LogP contribution in [0.2, 0.25) is 0 Å². The first kappa shape index (κ1) is 12.2. The van der Waals surface area contributed by atoms with E-state index in [4.69, 9.17) is 16.0 Å². The second kappa shape index (κ2) is 5.03. The van der Waals surface area contributed by atoms with Gasteiger partial charge >= 0.3 is 0 Å². The number of hydrogen-bond donors (Lipinski definition) is 0. The lowest BCUT2D eigenvalue weighted by Gasteiger charge is -2.04. The average molecular weight is 343 g/mol. The zero-order valence-corrected chi connectivity index (χ0v) is 12.4. The molecule has 0 spiro atoms. The Morgan fingerprint density at radius 2 is 2.17 bits per heavy atom. The fourth-order valence-corrected chi connectivity index (χ4v) is 3.94. The Morgan fingerprint density at radius 1 is 1.33 bits per heavy atom. The Bertz CT molecular complexity index is 645. The van der Waals surface area contributed by atoms with E-state index in [1.165, 1.54) is 0 Å². The molecule has 0 aliphatic carbocycles. The van der Waals surface area contributed by atoms with Gasteiger partial charge in [-0.15, -0.1) is 22.9 Å². The Morgan fingerprint density at radius 3 is 2.89 bits per heavy atom. The number of nitrogens with zero attached hydrogens (tertiary/aromatic N) is 1. The summed E-state index contributed by atoms with van der Waals surface area (Å²) in [5.74, 6) is 0.677. The minimum Gasteiger partial charge on any atom is -0.441 e. The van der Waals surface area contributed by atoms with E-state index < -0.39 is 0 Å². The predicted octanol–water partition coefficient (Wildman–Crippen LogP) is 5.17. The lowest BCUT2D eigenvalue weighted by molar-refractivity contribution is 0.526. The standard InChI is InChI=1S/C13H9BrClNOS/c14-8-5-6-18-13(8)9(15)7-12-16-10-3-1-2-4-11(10)17-12/h1-6,9H,7H2. The SMILES string of the molecule is ClC(Cc1nc2ccccc2o1)c1sccc1Br. The van der Waals surface area contributed by atoms with Gasteiger partial charge in [0.2, 0.25) is 0 Å². The normalized spacial score (nSPS) is 13.0. The van der Waals surface area contributed by atoms with Gasteiger partial charge in [0.1, 0.15) is 5.52 Å². The van der Waals surface area contributed by atoms with Gasteiger partial charge < -0.3 is 4.42 Å². The fraction of sp³-hybridized carbons (Fsp3) is 0.154. The molecule has 1 unspecified atom stereocenters. The summed E-state index contributed by atoms with van der Waals surface area (Å²) in [6, 6.07) is 9.73. The van der Waals surface area contributed by atoms with Gasteiger partial charge in [-0.3, -0.25) is 0 Å². The van der Waals surface area contributed by atoms with Crippen molar-refractivity contribution in [3.05, 3.63) is 51.0 Å². The van der Waals surface area contributed by atoms with Crippen molar-refractivity contribution in [2.75, 3.05) is 0 Å². The zero-order chi connectivity index (χ0) is 12.5. The van der Waals surface area contributed by atoms with Crippen LogP contribution in [0.5, 0.6) is 0 Å². The Hall–Kier alpha value is -0.840. The highest BCUT2D eigenvalue weighted by atomic mass is 79.9. The summed E-state index contributed by atoms with van der Waals surface area (Å²) >= 11 is 11.5. The number of rotatable bonds is 3. The third-order valence-corrected chi connectivity index (χ3v) is 5.11. The highest BCUT2D eigenvalue weighted by Gasteiger charge is 2.17. The molecule has 18 heavy (non-hydrogen) atoms. The van der Waals surface area contributed by atoms with Crippen LogP contribution in [0.15, 0.2) is 44.6 Å². The molecule has 2 aromatic heterocycles. The van der Waals surface area contributed by atoms with Crippen molar-refractivity contribution in [2.24, 2.45) is 0 Å². The van der Waals surface area contributed by atoms with E-state index in [1.54, 1.807) is 11.3 Å². The van der Waals surface area contributed by atoms with Gasteiger partial charge in [0.05, 0.1) is 5.38 Å². The topological polar surface area (TPSA) is 26.0 Å². The molecule has 0 aliphatic rings. The minimum absolute atomic E-state index is 0.118. The van der Waals surface area contributed by atoms with E-state index in [1.807, 2.05) is 35.7 Å². The number of halogens is 2. The maximum atomic E-state index is 6.40. The third-order valence-electron chi connectivity index (χ3n) is 2.62. The number of fused-ring (bicyclic) bond motifs is 1. The van der Waals surface area contributed by atoms with E-state index in [9.17, 15) is 0 Å². The van der Waals surface area contributed by atoms with Crippen molar-refractivity contribution >= 4 is 50.0 Å². The molecule has 0 radical (unpaired) electrons. The second-order valence-electron chi connectivity index (χ2n) is 3.88. The molecule has 2 heterocycles. The molecule has 3 rings (SSSR count). The number of hydrogen-bond acceptors (Lipinski definition) is 3. The van der Waals surface area contributed by atoms with Crippen LogP contribution in [-0.2, 0) is 6.42 Å². The molecule has 1 atom stereocenters. The predicted molar refractivity (Wildman–Crippen MR) is 78.3 cm³/mol. The van der Waals surface area contributed by atoms with Gasteiger partial charge in [-0.2, -0.15) is 0 Å². The van der Waals surface area contributed by atoms with E-state index in [-0.39, 0.29) is 5.38 Å². The molecule has 0 bridgehead atoms. The number of para-hydroxylation sites is 2. The number of benzene rings is 1. The molecular weight excluding hydrogens is 334 g/mol. The molecule has 0 saturated heterocycles. The summed E-state index contributed by atoms with van der Waals surface area (Å²) < 4.78 is 6.72. The summed E-state index contributed by atoms with van der Waals surface area (Å²) in [6.45, 7) is 0. The van der Waals surface area contributed by atoms with E-state index in [2.05, 4.69) is 20.9 Å². The van der Waals surface area contributed by atoms with Crippen molar-refractivity contribution in [2.45, 2.75) is 11.8 Å². The molecule has 92 valence electrons. The highest BCUT2D eigenvalue weighted by molar-refractivity contribution is 9.10. The van der Waals surface area contributed by atoms with Crippen LogP contribution in [-0.4, -0.2) is 4.98 Å². The van der Waals surface area contributed by atoms with Gasteiger partial charge in [-0.1, -0.05) is 12.1 Å². The van der Waals surface area contributed by atoms with Crippen LogP contribution >= 0.6 is 38.9 Å². The molecule has 2 nitrogen and oxygen atoms in total. The Balaban J connectivity index is 1.86. The quantitative estimate of drug-likeness (QED) is 0.613. The highest BCUT2D eigenvalue weighted by Crippen LogP contribution is 2.35. The van der Waals surface area contributed by atoms with Gasteiger partial charge in [0.25, 0.3) is 0 Å². The number of oxazole rings is 1. The lowest BCUT2D eigenvalue weighted by atomic mass is 10.2. The Labute approximate surface area is 122 Å². The van der Waals surface area contributed by atoms with Gasteiger partial charge in [0, 0.05) is 15.8 Å². The summed E-state index contributed by atoms with van der Waals surface area (Å²) in [4.78, 5) is 5.54. The van der Waals surface area contributed by atoms with Crippen molar-refractivity contribution in [1.82, 2.24) is 4.98 Å². The number of aromatic nitrogens is 1.